The SMILES string of the molecule is Cl.O=C(O)c1cccc(CC(F)(F)F)n1. The van der Waals surface area contributed by atoms with Gasteiger partial charge in [0.25, 0.3) is 0 Å². The van der Waals surface area contributed by atoms with E-state index in [9.17, 15) is 18.0 Å². The van der Waals surface area contributed by atoms with E-state index in [1.807, 2.05) is 0 Å². The largest absolute Gasteiger partial charge is 0.477 e. The van der Waals surface area contributed by atoms with Crippen molar-refractivity contribution in [2.24, 2.45) is 0 Å². The summed E-state index contributed by atoms with van der Waals surface area (Å²) in [5.74, 6) is -1.34. The third-order valence-corrected chi connectivity index (χ3v) is 1.41. The van der Waals surface area contributed by atoms with Crippen LogP contribution in [0.1, 0.15) is 16.2 Å². The minimum atomic E-state index is -4.37. The monoisotopic (exact) mass is 241 g/mol. The number of alkyl halides is 3. The van der Waals surface area contributed by atoms with Crippen LogP contribution < -0.4 is 0 Å². The van der Waals surface area contributed by atoms with Gasteiger partial charge in [0, 0.05) is 0 Å². The lowest BCUT2D eigenvalue weighted by molar-refractivity contribution is -0.127. The van der Waals surface area contributed by atoms with Crippen molar-refractivity contribution in [2.75, 3.05) is 0 Å². The molecule has 15 heavy (non-hydrogen) atoms. The number of pyridine rings is 1. The summed E-state index contributed by atoms with van der Waals surface area (Å²) in [5, 5.41) is 8.46. The summed E-state index contributed by atoms with van der Waals surface area (Å²) in [6.07, 6.45) is -5.59. The van der Waals surface area contributed by atoms with Crippen LogP contribution in [-0.4, -0.2) is 22.2 Å². The van der Waals surface area contributed by atoms with Gasteiger partial charge >= 0.3 is 12.1 Å². The van der Waals surface area contributed by atoms with Gasteiger partial charge in [-0.05, 0) is 12.1 Å². The number of aromatic carboxylic acids is 1. The predicted octanol–water partition coefficient (Wildman–Crippen LogP) is 2.31. The van der Waals surface area contributed by atoms with Gasteiger partial charge in [-0.15, -0.1) is 12.4 Å². The van der Waals surface area contributed by atoms with Crippen LogP contribution in [0.4, 0.5) is 13.2 Å². The van der Waals surface area contributed by atoms with E-state index in [0.29, 0.717) is 0 Å². The molecular weight excluding hydrogens is 235 g/mol. The average Bonchev–Trinajstić information content (AvgIpc) is 2.01. The lowest BCUT2D eigenvalue weighted by atomic mass is 10.2. The van der Waals surface area contributed by atoms with Gasteiger partial charge in [-0.3, -0.25) is 0 Å². The van der Waals surface area contributed by atoms with Crippen molar-refractivity contribution in [3.05, 3.63) is 29.6 Å². The fourth-order valence-electron chi connectivity index (χ4n) is 0.903. The lowest BCUT2D eigenvalue weighted by Crippen LogP contribution is -2.14. The molecule has 0 radical (unpaired) electrons. The molecule has 7 heteroatoms. The molecule has 0 aliphatic rings. The zero-order valence-corrected chi connectivity index (χ0v) is 8.10. The van der Waals surface area contributed by atoms with Gasteiger partial charge in [0.1, 0.15) is 5.69 Å². The highest BCUT2D eigenvalue weighted by molar-refractivity contribution is 5.85. The molecule has 0 aromatic carbocycles. The van der Waals surface area contributed by atoms with Crippen molar-refractivity contribution in [3.8, 4) is 0 Å². The number of hydrogen-bond donors (Lipinski definition) is 1. The van der Waals surface area contributed by atoms with E-state index >= 15 is 0 Å². The summed E-state index contributed by atoms with van der Waals surface area (Å²) in [6.45, 7) is 0. The molecule has 0 aliphatic carbocycles. The lowest BCUT2D eigenvalue weighted by Gasteiger charge is -2.05. The molecule has 0 spiro atoms. The van der Waals surface area contributed by atoms with Crippen molar-refractivity contribution >= 4 is 18.4 Å². The van der Waals surface area contributed by atoms with Gasteiger partial charge in [-0.1, -0.05) is 6.07 Å². The Morgan fingerprint density at radius 3 is 2.47 bits per heavy atom. The molecule has 0 saturated heterocycles. The van der Waals surface area contributed by atoms with Gasteiger partial charge in [-0.2, -0.15) is 13.2 Å². The minimum absolute atomic E-state index is 0. The molecule has 0 saturated carbocycles. The van der Waals surface area contributed by atoms with Crippen molar-refractivity contribution in [2.45, 2.75) is 12.6 Å². The number of rotatable bonds is 2. The number of carboxylic acids is 1. The first-order valence-corrected chi connectivity index (χ1v) is 3.64. The van der Waals surface area contributed by atoms with Gasteiger partial charge in [0.2, 0.25) is 0 Å². The second-order valence-electron chi connectivity index (χ2n) is 2.61. The Kier molecular flexibility index (Phi) is 4.54. The van der Waals surface area contributed by atoms with Crippen LogP contribution in [0.5, 0.6) is 0 Å². The van der Waals surface area contributed by atoms with E-state index in [1.54, 1.807) is 0 Å². The maximum absolute atomic E-state index is 11.9. The highest BCUT2D eigenvalue weighted by Crippen LogP contribution is 2.20. The molecule has 0 unspecified atom stereocenters. The number of nitrogens with zero attached hydrogens (tertiary/aromatic N) is 1. The van der Waals surface area contributed by atoms with Gasteiger partial charge in [0.05, 0.1) is 12.1 Å². The quantitative estimate of drug-likeness (QED) is 0.864. The Labute approximate surface area is 89.4 Å². The van der Waals surface area contributed by atoms with Crippen LogP contribution in [0.3, 0.4) is 0 Å². The second-order valence-corrected chi connectivity index (χ2v) is 2.61. The number of hydrogen-bond acceptors (Lipinski definition) is 2. The Hall–Kier alpha value is -1.30. The smallest absolute Gasteiger partial charge is 0.394 e. The van der Waals surface area contributed by atoms with Crippen molar-refractivity contribution in [1.29, 1.82) is 0 Å². The predicted molar refractivity (Wildman–Crippen MR) is 48.2 cm³/mol. The molecule has 1 N–H and O–H groups in total. The van der Waals surface area contributed by atoms with Crippen molar-refractivity contribution < 1.29 is 23.1 Å². The maximum atomic E-state index is 11.9. The van der Waals surface area contributed by atoms with E-state index < -0.39 is 18.6 Å². The fraction of sp³-hybridized carbons (Fsp3) is 0.250. The van der Waals surface area contributed by atoms with Crippen LogP contribution in [-0.2, 0) is 6.42 Å². The molecule has 1 rings (SSSR count). The van der Waals surface area contributed by atoms with Crippen LogP contribution >= 0.6 is 12.4 Å². The van der Waals surface area contributed by atoms with E-state index in [1.165, 1.54) is 6.07 Å². The molecule has 0 bridgehead atoms. The number of carbonyl (C=O) groups is 1. The summed E-state index contributed by atoms with van der Waals surface area (Å²) in [6, 6.07) is 3.51. The molecule has 1 aromatic heterocycles. The molecule has 3 nitrogen and oxygen atoms in total. The topological polar surface area (TPSA) is 50.2 Å². The summed E-state index contributed by atoms with van der Waals surface area (Å²) >= 11 is 0. The van der Waals surface area contributed by atoms with Crippen LogP contribution in [0, 0.1) is 0 Å². The molecular formula is C8H7ClF3NO2. The maximum Gasteiger partial charge on any atom is 0.394 e. The van der Waals surface area contributed by atoms with E-state index in [0.717, 1.165) is 12.1 Å². The molecule has 0 atom stereocenters. The summed E-state index contributed by atoms with van der Waals surface area (Å²) in [4.78, 5) is 13.7. The molecule has 84 valence electrons. The molecule has 1 heterocycles. The van der Waals surface area contributed by atoms with Crippen LogP contribution in [0.25, 0.3) is 0 Å². The second kappa shape index (κ2) is 4.97. The zero-order valence-electron chi connectivity index (χ0n) is 7.28. The van der Waals surface area contributed by atoms with E-state index in [4.69, 9.17) is 5.11 Å². The zero-order chi connectivity index (χ0) is 10.8. The van der Waals surface area contributed by atoms with Gasteiger partial charge < -0.3 is 5.11 Å². The van der Waals surface area contributed by atoms with E-state index in [2.05, 4.69) is 4.98 Å². The molecule has 0 fully saturated rings. The highest BCUT2D eigenvalue weighted by Gasteiger charge is 2.28. The third-order valence-electron chi connectivity index (χ3n) is 1.41. The number of aromatic nitrogens is 1. The summed E-state index contributed by atoms with van der Waals surface area (Å²) in [7, 11) is 0. The van der Waals surface area contributed by atoms with Crippen molar-refractivity contribution in [3.63, 3.8) is 0 Å². The molecule has 1 aromatic rings. The first kappa shape index (κ1) is 13.7. The fourth-order valence-corrected chi connectivity index (χ4v) is 0.903. The average molecular weight is 242 g/mol. The van der Waals surface area contributed by atoms with Crippen molar-refractivity contribution in [1.82, 2.24) is 4.98 Å². The first-order chi connectivity index (χ1) is 6.38. The molecule has 0 aliphatic heterocycles. The third kappa shape index (κ3) is 4.64. The summed E-state index contributed by atoms with van der Waals surface area (Å²) in [5.41, 5.74) is -0.677. The standard InChI is InChI=1S/C8H6F3NO2.ClH/c9-8(10,11)4-5-2-1-3-6(12-5)7(13)14;/h1-3H,4H2,(H,13,14);1H. The number of halogens is 4. The van der Waals surface area contributed by atoms with Crippen LogP contribution in [0.2, 0.25) is 0 Å². The Morgan fingerprint density at radius 1 is 1.40 bits per heavy atom. The van der Waals surface area contributed by atoms with Gasteiger partial charge in [-0.25, -0.2) is 9.78 Å². The Balaban J connectivity index is 0.00000196. The Bertz CT molecular complexity index is 354. The van der Waals surface area contributed by atoms with E-state index in [-0.39, 0.29) is 23.8 Å². The first-order valence-electron chi connectivity index (χ1n) is 3.64. The van der Waals surface area contributed by atoms with Gasteiger partial charge in [0.15, 0.2) is 0 Å². The van der Waals surface area contributed by atoms with Crippen LogP contribution in [0.15, 0.2) is 18.2 Å². The minimum Gasteiger partial charge on any atom is -0.477 e. The summed E-state index contributed by atoms with van der Waals surface area (Å²) < 4.78 is 35.7. The normalized spacial score (nSPS) is 10.6. The Morgan fingerprint density at radius 2 is 2.00 bits per heavy atom. The highest BCUT2D eigenvalue weighted by atomic mass is 35.5. The number of carboxylic acid groups (broad SMARTS) is 1. The molecule has 0 amide bonds.